The molecule has 3 N–H and O–H groups in total. The number of hydrogen-bond acceptors (Lipinski definition) is 5. The highest BCUT2D eigenvalue weighted by Gasteiger charge is 2.30. The fourth-order valence-electron chi connectivity index (χ4n) is 3.70. The molecule has 1 heterocycles. The Morgan fingerprint density at radius 2 is 1.55 bits per heavy atom. The van der Waals surface area contributed by atoms with Crippen molar-refractivity contribution < 1.29 is 24.5 Å². The molecule has 0 aliphatic rings. The summed E-state index contributed by atoms with van der Waals surface area (Å²) in [6.45, 7) is 11.8. The van der Waals surface area contributed by atoms with Crippen LogP contribution >= 0.6 is 0 Å². The predicted octanol–water partition coefficient (Wildman–Crippen LogP) is 5.04. The number of carboxylic acids is 2. The molecule has 0 amide bonds. The molecule has 0 fully saturated rings. The molecule has 2 rings (SSSR count). The second-order valence-electron chi connectivity index (χ2n) is 8.02. The summed E-state index contributed by atoms with van der Waals surface area (Å²) in [5, 5.41) is 22.4. The van der Waals surface area contributed by atoms with Gasteiger partial charge in [-0.15, -0.1) is 0 Å². The van der Waals surface area contributed by atoms with E-state index in [1.54, 1.807) is 0 Å². The summed E-state index contributed by atoms with van der Waals surface area (Å²) < 4.78 is 6.22. The first-order chi connectivity index (χ1) is 14.6. The number of benzene rings is 1. The van der Waals surface area contributed by atoms with Gasteiger partial charge in [-0.1, -0.05) is 31.5 Å². The maximum atomic E-state index is 11.6. The van der Waals surface area contributed by atoms with Gasteiger partial charge in [0, 0.05) is 29.4 Å². The van der Waals surface area contributed by atoms with Crippen LogP contribution in [0.15, 0.2) is 18.2 Å². The summed E-state index contributed by atoms with van der Waals surface area (Å²) in [6, 6.07) is 5.97. The van der Waals surface area contributed by atoms with Gasteiger partial charge in [-0.3, -0.25) is 9.59 Å². The summed E-state index contributed by atoms with van der Waals surface area (Å²) in [4.78, 5) is 27.7. The highest BCUT2D eigenvalue weighted by molar-refractivity contribution is 5.93. The van der Waals surface area contributed by atoms with Crippen LogP contribution in [0.3, 0.4) is 0 Å². The van der Waals surface area contributed by atoms with Gasteiger partial charge in [0.25, 0.3) is 0 Å². The van der Waals surface area contributed by atoms with Crippen LogP contribution in [0.25, 0.3) is 0 Å². The largest absolute Gasteiger partial charge is 0.481 e. The van der Waals surface area contributed by atoms with E-state index in [0.29, 0.717) is 22.7 Å². The van der Waals surface area contributed by atoms with Crippen molar-refractivity contribution >= 4 is 17.6 Å². The van der Waals surface area contributed by atoms with Crippen molar-refractivity contribution in [3.63, 3.8) is 0 Å². The van der Waals surface area contributed by atoms with Crippen LogP contribution in [0.4, 0.5) is 5.69 Å². The van der Waals surface area contributed by atoms with Gasteiger partial charge in [-0.2, -0.15) is 0 Å². The molecular weight excluding hydrogens is 396 g/mol. The predicted molar refractivity (Wildman–Crippen MR) is 120 cm³/mol. The smallest absolute Gasteiger partial charge is 0.318 e. The molecule has 2 aromatic rings. The van der Waals surface area contributed by atoms with E-state index in [4.69, 9.17) is 4.74 Å². The Kier molecular flexibility index (Phi) is 8.02. The molecule has 0 unspecified atom stereocenters. The number of nitrogens with one attached hydrogen (secondary N) is 1. The molecule has 7 heteroatoms. The van der Waals surface area contributed by atoms with E-state index in [1.165, 1.54) is 0 Å². The fraction of sp³-hybridized carbons (Fsp3) is 0.458. The third-order valence-electron chi connectivity index (χ3n) is 5.37. The minimum Gasteiger partial charge on any atom is -0.481 e. The summed E-state index contributed by atoms with van der Waals surface area (Å²) in [6.07, 6.45) is 1.50. The van der Waals surface area contributed by atoms with Crippen LogP contribution in [-0.4, -0.2) is 33.2 Å². The lowest BCUT2D eigenvalue weighted by molar-refractivity contribution is -0.154. The molecule has 31 heavy (non-hydrogen) atoms. The molecule has 0 atom stereocenters. The van der Waals surface area contributed by atoms with Crippen LogP contribution in [0, 0.1) is 33.6 Å². The fourth-order valence-corrected chi connectivity index (χ4v) is 3.70. The van der Waals surface area contributed by atoms with E-state index in [-0.39, 0.29) is 18.3 Å². The van der Waals surface area contributed by atoms with Crippen molar-refractivity contribution in [1.82, 2.24) is 4.98 Å². The lowest BCUT2D eigenvalue weighted by Gasteiger charge is -2.23. The van der Waals surface area contributed by atoms with Crippen LogP contribution < -0.4 is 10.1 Å². The number of pyridine rings is 1. The first-order valence-corrected chi connectivity index (χ1v) is 10.6. The van der Waals surface area contributed by atoms with Crippen molar-refractivity contribution in [1.29, 1.82) is 0 Å². The Bertz CT molecular complexity index is 930. The highest BCUT2D eigenvalue weighted by Crippen LogP contribution is 2.36. The monoisotopic (exact) mass is 428 g/mol. The summed E-state index contributed by atoms with van der Waals surface area (Å²) in [5.74, 6) is -3.52. The maximum Gasteiger partial charge on any atom is 0.318 e. The Morgan fingerprint density at radius 3 is 2.03 bits per heavy atom. The Morgan fingerprint density at radius 1 is 1.00 bits per heavy atom. The van der Waals surface area contributed by atoms with E-state index in [1.807, 2.05) is 45.9 Å². The summed E-state index contributed by atoms with van der Waals surface area (Å²) in [5.41, 5.74) is 4.76. The Labute approximate surface area is 183 Å². The Balaban J connectivity index is 2.64. The quantitative estimate of drug-likeness (QED) is 0.455. The summed E-state index contributed by atoms with van der Waals surface area (Å²) >= 11 is 0. The molecule has 7 nitrogen and oxygen atoms in total. The minimum atomic E-state index is -1.60. The van der Waals surface area contributed by atoms with Gasteiger partial charge in [0.15, 0.2) is 5.92 Å². The average molecular weight is 429 g/mol. The number of nitrogens with zero attached hydrogens (tertiary/aromatic N) is 1. The van der Waals surface area contributed by atoms with E-state index in [0.717, 1.165) is 29.5 Å². The third-order valence-corrected chi connectivity index (χ3v) is 5.37. The van der Waals surface area contributed by atoms with Crippen molar-refractivity contribution in [2.24, 2.45) is 5.92 Å². The van der Waals surface area contributed by atoms with Gasteiger partial charge in [0.2, 0.25) is 5.88 Å². The van der Waals surface area contributed by atoms with Gasteiger partial charge in [0.1, 0.15) is 5.75 Å². The lowest BCUT2D eigenvalue weighted by Crippen LogP contribution is -2.27. The number of aryl methyl sites for hydroxylation is 4. The zero-order chi connectivity index (χ0) is 23.3. The molecule has 0 spiro atoms. The van der Waals surface area contributed by atoms with Crippen LogP contribution in [0.5, 0.6) is 11.6 Å². The molecule has 168 valence electrons. The average Bonchev–Trinajstić information content (AvgIpc) is 2.67. The van der Waals surface area contributed by atoms with Crippen molar-refractivity contribution in [2.45, 2.75) is 66.8 Å². The molecule has 0 bridgehead atoms. The van der Waals surface area contributed by atoms with Crippen molar-refractivity contribution in [2.75, 3.05) is 5.32 Å². The normalized spacial score (nSPS) is 11.1. The van der Waals surface area contributed by atoms with Gasteiger partial charge in [0.05, 0.1) is 0 Å². The topological polar surface area (TPSA) is 109 Å². The molecule has 0 saturated carbocycles. The number of ether oxygens (including phenoxy) is 1. The number of hydrogen-bond donors (Lipinski definition) is 3. The van der Waals surface area contributed by atoms with Crippen LogP contribution in [0.2, 0.25) is 0 Å². The SMILES string of the molecule is CCC(CC)Nc1cc(C)nc(Oc2c(C)cc(C)cc2C)c1CC(C(=O)O)C(=O)O. The number of aliphatic carboxylic acids is 2. The molecule has 0 aliphatic heterocycles. The molecule has 0 aliphatic carbocycles. The second kappa shape index (κ2) is 10.3. The number of anilines is 1. The van der Waals surface area contributed by atoms with Gasteiger partial charge in [-0.25, -0.2) is 4.98 Å². The maximum absolute atomic E-state index is 11.6. The number of rotatable bonds is 10. The van der Waals surface area contributed by atoms with E-state index in [9.17, 15) is 19.8 Å². The minimum absolute atomic E-state index is 0.157. The standard InChI is InChI=1S/C24H32N2O5/c1-7-17(8-2)26-20-11-16(6)25-22(18(20)12-19(23(27)28)24(29)30)31-21-14(4)9-13(3)10-15(21)5/h9-11,17,19H,7-8,12H2,1-6H3,(H,25,26)(H,27,28)(H,29,30). The number of aromatic nitrogens is 1. The first kappa shape index (κ1) is 24.2. The van der Waals surface area contributed by atoms with E-state index < -0.39 is 17.9 Å². The zero-order valence-corrected chi connectivity index (χ0v) is 19.1. The molecule has 0 radical (unpaired) electrons. The molecular formula is C24H32N2O5. The number of carboxylic acid groups (broad SMARTS) is 2. The van der Waals surface area contributed by atoms with Gasteiger partial charge >= 0.3 is 11.9 Å². The van der Waals surface area contributed by atoms with E-state index in [2.05, 4.69) is 24.1 Å². The lowest BCUT2D eigenvalue weighted by atomic mass is 9.97. The van der Waals surface area contributed by atoms with Gasteiger partial charge < -0.3 is 20.3 Å². The van der Waals surface area contributed by atoms with E-state index >= 15 is 0 Å². The van der Waals surface area contributed by atoms with Gasteiger partial charge in [-0.05, 0) is 57.7 Å². The second-order valence-corrected chi connectivity index (χ2v) is 8.02. The van der Waals surface area contributed by atoms with Crippen molar-refractivity contribution in [3.8, 4) is 11.6 Å². The highest BCUT2D eigenvalue weighted by atomic mass is 16.5. The number of carbonyl (C=O) groups is 2. The molecule has 0 saturated heterocycles. The van der Waals surface area contributed by atoms with Crippen LogP contribution in [-0.2, 0) is 16.0 Å². The zero-order valence-electron chi connectivity index (χ0n) is 19.1. The molecule has 1 aromatic heterocycles. The van der Waals surface area contributed by atoms with Crippen LogP contribution in [0.1, 0.15) is 54.6 Å². The molecule has 1 aromatic carbocycles. The first-order valence-electron chi connectivity index (χ1n) is 10.6. The third kappa shape index (κ3) is 5.96. The summed E-state index contributed by atoms with van der Waals surface area (Å²) in [7, 11) is 0. The van der Waals surface area contributed by atoms with Crippen molar-refractivity contribution in [3.05, 3.63) is 46.1 Å². The Hall–Kier alpha value is -3.09.